The average Bonchev–Trinajstić information content (AvgIpc) is 3.42. The molecule has 1 unspecified atom stereocenters. The van der Waals surface area contributed by atoms with Crippen molar-refractivity contribution in [3.63, 3.8) is 0 Å². The van der Waals surface area contributed by atoms with Gasteiger partial charge in [-0.1, -0.05) is 19.1 Å². The van der Waals surface area contributed by atoms with E-state index in [1.807, 2.05) is 11.8 Å². The van der Waals surface area contributed by atoms with Crippen molar-refractivity contribution in [2.75, 3.05) is 45.6 Å². The van der Waals surface area contributed by atoms with E-state index in [1.54, 1.807) is 37.7 Å². The Balaban J connectivity index is 2.03. The highest BCUT2D eigenvalue weighted by Gasteiger charge is 2.35. The van der Waals surface area contributed by atoms with Crippen molar-refractivity contribution in [2.45, 2.75) is 39.3 Å². The molecule has 0 saturated heterocycles. The van der Waals surface area contributed by atoms with Crippen molar-refractivity contribution >= 4 is 34.5 Å². The molecular weight excluding hydrogens is 485 g/mol. The van der Waals surface area contributed by atoms with Crippen LogP contribution in [0.15, 0.2) is 39.5 Å². The number of esters is 1. The van der Waals surface area contributed by atoms with E-state index < -0.39 is 24.0 Å². The third kappa shape index (κ3) is 6.51. The molecule has 9 nitrogen and oxygen atoms in total. The van der Waals surface area contributed by atoms with Crippen LogP contribution in [0.3, 0.4) is 0 Å². The summed E-state index contributed by atoms with van der Waals surface area (Å²) in [6, 6.07) is 3.99. The molecule has 0 bridgehead atoms. The molecule has 0 fully saturated rings. The molecule has 0 spiro atoms. The van der Waals surface area contributed by atoms with Gasteiger partial charge in [0.25, 0.3) is 0 Å². The van der Waals surface area contributed by atoms with Gasteiger partial charge in [0.05, 0.1) is 12.2 Å². The number of aliphatic imine (C=N–C) groups is 2. The number of amides is 1. The SMILES string of the molecule is CCOC(=O)C1=C(CN(CC)CCC(O)C(=O)NC)NC(C2=NCCS2)=N[C@H]1c1cccc(F)c1C. The minimum absolute atomic E-state index is 0.180. The number of rotatable bonds is 11. The van der Waals surface area contributed by atoms with Crippen LogP contribution in [0.5, 0.6) is 0 Å². The van der Waals surface area contributed by atoms with E-state index in [-0.39, 0.29) is 18.8 Å². The normalized spacial score (nSPS) is 18.5. The van der Waals surface area contributed by atoms with Crippen LogP contribution in [0.1, 0.15) is 37.4 Å². The van der Waals surface area contributed by atoms with Crippen LogP contribution in [0, 0.1) is 12.7 Å². The summed E-state index contributed by atoms with van der Waals surface area (Å²) in [5, 5.41) is 16.6. The first-order valence-corrected chi connectivity index (χ1v) is 13.1. The van der Waals surface area contributed by atoms with E-state index in [9.17, 15) is 19.1 Å². The molecule has 3 N–H and O–H groups in total. The topological polar surface area (TPSA) is 116 Å². The lowest BCUT2D eigenvalue weighted by Crippen LogP contribution is -2.42. The maximum Gasteiger partial charge on any atom is 0.338 e. The van der Waals surface area contributed by atoms with E-state index in [2.05, 4.69) is 15.6 Å². The molecule has 11 heteroatoms. The zero-order valence-corrected chi connectivity index (χ0v) is 22.0. The van der Waals surface area contributed by atoms with Gasteiger partial charge in [-0.3, -0.25) is 19.7 Å². The van der Waals surface area contributed by atoms with Gasteiger partial charge in [-0.25, -0.2) is 9.18 Å². The fraction of sp³-hybridized carbons (Fsp3) is 0.520. The van der Waals surface area contributed by atoms with Crippen LogP contribution >= 0.6 is 11.8 Å². The second kappa shape index (κ2) is 13.0. The van der Waals surface area contributed by atoms with E-state index in [4.69, 9.17) is 9.73 Å². The Kier molecular flexibility index (Phi) is 10.0. The summed E-state index contributed by atoms with van der Waals surface area (Å²) < 4.78 is 20.0. The second-order valence-electron chi connectivity index (χ2n) is 8.39. The Bertz CT molecular complexity index is 1070. The summed E-state index contributed by atoms with van der Waals surface area (Å²) in [4.78, 5) is 36.4. The highest BCUT2D eigenvalue weighted by Crippen LogP contribution is 2.35. The average molecular weight is 520 g/mol. The third-order valence-corrected chi connectivity index (χ3v) is 7.09. The number of nitrogens with one attached hydrogen (secondary N) is 2. The smallest absolute Gasteiger partial charge is 0.338 e. The summed E-state index contributed by atoms with van der Waals surface area (Å²) in [6.45, 7) is 7.54. The lowest BCUT2D eigenvalue weighted by atomic mass is 9.92. The van der Waals surface area contributed by atoms with Crippen molar-refractivity contribution < 1.29 is 23.8 Å². The number of amidine groups is 1. The van der Waals surface area contributed by atoms with Crippen LogP contribution in [-0.4, -0.2) is 84.5 Å². The molecule has 1 amide bonds. The molecular formula is C25H34FN5O4S. The Hall–Kier alpha value is -2.76. The van der Waals surface area contributed by atoms with Crippen LogP contribution in [0.4, 0.5) is 4.39 Å². The molecule has 2 heterocycles. The second-order valence-corrected chi connectivity index (χ2v) is 9.48. The Morgan fingerprint density at radius 2 is 2.17 bits per heavy atom. The van der Waals surface area contributed by atoms with E-state index >= 15 is 0 Å². The van der Waals surface area contributed by atoms with Crippen LogP contribution in [0.2, 0.25) is 0 Å². The molecule has 2 aliphatic heterocycles. The van der Waals surface area contributed by atoms with Gasteiger partial charge in [0, 0.05) is 38.1 Å². The maximum atomic E-state index is 14.6. The molecule has 2 aliphatic rings. The number of carbonyl (C=O) groups excluding carboxylic acids is 2. The van der Waals surface area contributed by atoms with Gasteiger partial charge in [-0.05, 0) is 44.0 Å². The number of aliphatic hydroxyl groups excluding tert-OH is 1. The summed E-state index contributed by atoms with van der Waals surface area (Å²) in [5.74, 6) is 0.0239. The van der Waals surface area contributed by atoms with E-state index in [0.717, 1.165) is 10.8 Å². The number of nitrogens with zero attached hydrogens (tertiary/aromatic N) is 3. The number of benzene rings is 1. The van der Waals surface area contributed by atoms with Gasteiger partial charge in [-0.15, -0.1) is 11.8 Å². The molecule has 36 heavy (non-hydrogen) atoms. The number of likely N-dealkylation sites (N-methyl/N-ethyl adjacent to an activating group) is 2. The zero-order chi connectivity index (χ0) is 26.2. The number of aliphatic hydroxyl groups is 1. The molecule has 0 aliphatic carbocycles. The molecule has 0 saturated carbocycles. The highest BCUT2D eigenvalue weighted by atomic mass is 32.2. The largest absolute Gasteiger partial charge is 0.463 e. The van der Waals surface area contributed by atoms with Crippen molar-refractivity contribution in [1.82, 2.24) is 15.5 Å². The van der Waals surface area contributed by atoms with E-state index in [1.165, 1.54) is 13.1 Å². The molecule has 3 rings (SSSR count). The molecule has 0 aromatic heterocycles. The number of thioether (sulfide) groups is 1. The van der Waals surface area contributed by atoms with Crippen molar-refractivity contribution in [3.05, 3.63) is 46.4 Å². The number of hydrogen-bond acceptors (Lipinski definition) is 9. The molecule has 1 aromatic rings. The first-order valence-electron chi connectivity index (χ1n) is 12.1. The third-order valence-electron chi connectivity index (χ3n) is 6.11. The Labute approximate surface area is 215 Å². The fourth-order valence-electron chi connectivity index (χ4n) is 4.08. The standard InChI is InChI=1S/C25H34FN5O4S/c1-5-31(12-10-19(32)23(33)27-4)14-18-20(25(34)35-6-2)21(16-8-7-9-17(26)15(16)3)30-22(29-18)24-28-11-13-36-24/h7-9,19,21,32H,5-6,10-14H2,1-4H3,(H,27,33)(H,29,30)/t19?,21-/m0/s1. The minimum atomic E-state index is -1.13. The lowest BCUT2D eigenvalue weighted by Gasteiger charge is -2.31. The number of ether oxygens (including phenoxy) is 1. The summed E-state index contributed by atoms with van der Waals surface area (Å²) in [7, 11) is 1.48. The van der Waals surface area contributed by atoms with E-state index in [0.29, 0.717) is 54.4 Å². The van der Waals surface area contributed by atoms with Gasteiger partial charge >= 0.3 is 5.97 Å². The molecule has 1 aromatic carbocycles. The molecule has 0 radical (unpaired) electrons. The first-order chi connectivity index (χ1) is 17.3. The summed E-state index contributed by atoms with van der Waals surface area (Å²) in [5.41, 5.74) is 1.88. The fourth-order valence-corrected chi connectivity index (χ4v) is 4.88. The Morgan fingerprint density at radius 1 is 1.39 bits per heavy atom. The summed E-state index contributed by atoms with van der Waals surface area (Å²) in [6.07, 6.45) is -0.906. The monoisotopic (exact) mass is 519 g/mol. The highest BCUT2D eigenvalue weighted by molar-refractivity contribution is 8.16. The van der Waals surface area contributed by atoms with Crippen molar-refractivity contribution in [3.8, 4) is 0 Å². The van der Waals surface area contributed by atoms with Crippen LogP contribution in [0.25, 0.3) is 0 Å². The first kappa shape index (κ1) is 27.8. The molecule has 2 atom stereocenters. The maximum absolute atomic E-state index is 14.6. The summed E-state index contributed by atoms with van der Waals surface area (Å²) >= 11 is 1.57. The van der Waals surface area contributed by atoms with Gasteiger partial charge in [0.15, 0.2) is 5.84 Å². The van der Waals surface area contributed by atoms with Gasteiger partial charge in [-0.2, -0.15) is 0 Å². The number of hydrogen-bond donors (Lipinski definition) is 3. The van der Waals surface area contributed by atoms with Gasteiger partial charge < -0.3 is 20.5 Å². The minimum Gasteiger partial charge on any atom is -0.463 e. The van der Waals surface area contributed by atoms with Gasteiger partial charge in [0.1, 0.15) is 23.0 Å². The predicted octanol–water partition coefficient (Wildman–Crippen LogP) is 1.96. The quantitative estimate of drug-likeness (QED) is 0.383. The number of halogens is 1. The van der Waals surface area contributed by atoms with Crippen LogP contribution < -0.4 is 10.6 Å². The predicted molar refractivity (Wildman–Crippen MR) is 140 cm³/mol. The van der Waals surface area contributed by atoms with Crippen LogP contribution in [-0.2, 0) is 14.3 Å². The molecule has 196 valence electrons. The van der Waals surface area contributed by atoms with Gasteiger partial charge in [0.2, 0.25) is 5.91 Å². The van der Waals surface area contributed by atoms with Crippen molar-refractivity contribution in [2.24, 2.45) is 9.98 Å². The lowest BCUT2D eigenvalue weighted by molar-refractivity contribution is -0.139. The Morgan fingerprint density at radius 3 is 2.81 bits per heavy atom. The number of carbonyl (C=O) groups is 2. The van der Waals surface area contributed by atoms with Crippen molar-refractivity contribution in [1.29, 1.82) is 0 Å². The zero-order valence-electron chi connectivity index (χ0n) is 21.1.